The van der Waals surface area contributed by atoms with Crippen LogP contribution < -0.4 is 15.0 Å². The second-order valence-corrected chi connectivity index (χ2v) is 6.09. The van der Waals surface area contributed by atoms with Gasteiger partial charge in [-0.2, -0.15) is 0 Å². The lowest BCUT2D eigenvalue weighted by Crippen LogP contribution is -2.45. The second kappa shape index (κ2) is 7.90. The third-order valence-electron chi connectivity index (χ3n) is 4.20. The number of esters is 1. The van der Waals surface area contributed by atoms with Crippen LogP contribution in [0.1, 0.15) is 23.7 Å². The van der Waals surface area contributed by atoms with Gasteiger partial charge in [-0.25, -0.2) is 4.79 Å². The van der Waals surface area contributed by atoms with Crippen molar-refractivity contribution in [3.8, 4) is 5.75 Å². The molecule has 0 spiro atoms. The van der Waals surface area contributed by atoms with Gasteiger partial charge in [-0.3, -0.25) is 9.59 Å². The number of fused-ring (bicyclic) bond motifs is 1. The molecule has 0 aromatic heterocycles. The summed E-state index contributed by atoms with van der Waals surface area (Å²) in [6.45, 7) is 1.91. The van der Waals surface area contributed by atoms with E-state index in [1.807, 2.05) is 12.1 Å². The van der Waals surface area contributed by atoms with Gasteiger partial charge in [0.1, 0.15) is 5.75 Å². The molecule has 3 rings (SSSR count). The normalized spacial score (nSPS) is 15.6. The van der Waals surface area contributed by atoms with Crippen molar-refractivity contribution in [1.82, 2.24) is 0 Å². The van der Waals surface area contributed by atoms with Crippen LogP contribution in [0.5, 0.6) is 5.75 Å². The second-order valence-electron chi connectivity index (χ2n) is 6.09. The third kappa shape index (κ3) is 4.08. The molecule has 1 N–H and O–H groups in total. The van der Waals surface area contributed by atoms with Crippen molar-refractivity contribution in [3.63, 3.8) is 0 Å². The molecule has 0 radical (unpaired) electrons. The summed E-state index contributed by atoms with van der Waals surface area (Å²) in [5.74, 6) is -0.304. The first-order valence-corrected chi connectivity index (χ1v) is 8.55. The summed E-state index contributed by atoms with van der Waals surface area (Å²) in [4.78, 5) is 37.9. The molecule has 1 heterocycles. The molecule has 7 heteroatoms. The fourth-order valence-electron chi connectivity index (χ4n) is 2.87. The fraction of sp³-hybridized carbons (Fsp3) is 0.250. The molecule has 0 fully saturated rings. The van der Waals surface area contributed by atoms with Gasteiger partial charge in [0.05, 0.1) is 18.4 Å². The molecule has 2 amide bonds. The molecule has 27 heavy (non-hydrogen) atoms. The van der Waals surface area contributed by atoms with E-state index in [-0.39, 0.29) is 24.8 Å². The number of nitrogens with zero attached hydrogens (tertiary/aromatic N) is 1. The average Bonchev–Trinajstić information content (AvgIpc) is 2.68. The molecule has 0 bridgehead atoms. The Morgan fingerprint density at radius 1 is 1.19 bits per heavy atom. The molecule has 1 aliphatic rings. The van der Waals surface area contributed by atoms with Gasteiger partial charge in [-0.1, -0.05) is 18.2 Å². The van der Waals surface area contributed by atoms with E-state index in [1.165, 1.54) is 7.11 Å². The number of amides is 2. The van der Waals surface area contributed by atoms with Crippen LogP contribution in [0.3, 0.4) is 0 Å². The molecule has 0 aliphatic carbocycles. The van der Waals surface area contributed by atoms with Gasteiger partial charge < -0.3 is 19.7 Å². The number of ether oxygens (including phenoxy) is 2. The fourth-order valence-corrected chi connectivity index (χ4v) is 2.87. The summed E-state index contributed by atoms with van der Waals surface area (Å²) in [5.41, 5.74) is 1.49. The van der Waals surface area contributed by atoms with E-state index in [0.717, 1.165) is 0 Å². The zero-order valence-corrected chi connectivity index (χ0v) is 15.1. The lowest BCUT2D eigenvalue weighted by Gasteiger charge is -2.32. The number of nitrogens with one attached hydrogen (secondary N) is 1. The van der Waals surface area contributed by atoms with Crippen LogP contribution in [0, 0.1) is 0 Å². The Morgan fingerprint density at radius 3 is 2.74 bits per heavy atom. The molecule has 140 valence electrons. The number of para-hydroxylation sites is 2. The maximum absolute atomic E-state index is 12.4. The maximum atomic E-state index is 12.4. The van der Waals surface area contributed by atoms with Crippen molar-refractivity contribution in [2.24, 2.45) is 0 Å². The number of rotatable bonds is 5. The Morgan fingerprint density at radius 2 is 1.96 bits per heavy atom. The number of anilines is 2. The summed E-state index contributed by atoms with van der Waals surface area (Å²) < 4.78 is 10.3. The number of hydrogen-bond donors (Lipinski definition) is 1. The van der Waals surface area contributed by atoms with E-state index < -0.39 is 12.1 Å². The molecule has 2 aromatic rings. The van der Waals surface area contributed by atoms with Gasteiger partial charge in [-0.15, -0.1) is 0 Å². The van der Waals surface area contributed by atoms with Crippen LogP contribution in [0.2, 0.25) is 0 Å². The lowest BCUT2D eigenvalue weighted by atomic mass is 10.1. The summed E-state index contributed by atoms with van der Waals surface area (Å²) in [7, 11) is 1.30. The zero-order chi connectivity index (χ0) is 19.4. The van der Waals surface area contributed by atoms with Crippen molar-refractivity contribution in [2.75, 3.05) is 23.9 Å². The SMILES string of the molecule is COC(=O)c1cccc(NC(=O)CCN2C(=O)C(C)Oc3ccccc32)c1. The first kappa shape index (κ1) is 18.4. The molecule has 7 nitrogen and oxygen atoms in total. The molecule has 0 saturated heterocycles. The largest absolute Gasteiger partial charge is 0.479 e. The number of carbonyl (C=O) groups is 3. The zero-order valence-electron chi connectivity index (χ0n) is 15.1. The molecule has 1 aliphatic heterocycles. The van der Waals surface area contributed by atoms with E-state index in [9.17, 15) is 14.4 Å². The Kier molecular flexibility index (Phi) is 5.40. The topological polar surface area (TPSA) is 84.9 Å². The minimum atomic E-state index is -0.598. The summed E-state index contributed by atoms with van der Waals surface area (Å²) in [5, 5.41) is 2.73. The van der Waals surface area contributed by atoms with Crippen LogP contribution in [0.15, 0.2) is 48.5 Å². The Bertz CT molecular complexity index is 880. The van der Waals surface area contributed by atoms with Crippen LogP contribution in [0.4, 0.5) is 11.4 Å². The van der Waals surface area contributed by atoms with Crippen LogP contribution in [-0.4, -0.2) is 37.5 Å². The van der Waals surface area contributed by atoms with Gasteiger partial charge in [0.2, 0.25) is 5.91 Å². The van der Waals surface area contributed by atoms with E-state index in [4.69, 9.17) is 4.74 Å². The molecular weight excluding hydrogens is 348 g/mol. The highest BCUT2D eigenvalue weighted by Gasteiger charge is 2.31. The Hall–Kier alpha value is -3.35. The minimum absolute atomic E-state index is 0.106. The van der Waals surface area contributed by atoms with Crippen LogP contribution in [0.25, 0.3) is 0 Å². The van der Waals surface area contributed by atoms with Crippen molar-refractivity contribution >= 4 is 29.2 Å². The van der Waals surface area contributed by atoms with Crippen molar-refractivity contribution < 1.29 is 23.9 Å². The Labute approximate surface area is 156 Å². The van der Waals surface area contributed by atoms with E-state index >= 15 is 0 Å². The third-order valence-corrected chi connectivity index (χ3v) is 4.20. The van der Waals surface area contributed by atoms with Crippen LogP contribution >= 0.6 is 0 Å². The van der Waals surface area contributed by atoms with E-state index in [2.05, 4.69) is 10.1 Å². The highest BCUT2D eigenvalue weighted by molar-refractivity contribution is 6.01. The molecule has 2 aromatic carbocycles. The smallest absolute Gasteiger partial charge is 0.337 e. The number of benzene rings is 2. The summed E-state index contributed by atoms with van der Waals surface area (Å²) in [6.07, 6.45) is -0.491. The molecular formula is C20H20N2O5. The Balaban J connectivity index is 1.66. The highest BCUT2D eigenvalue weighted by atomic mass is 16.5. The quantitative estimate of drug-likeness (QED) is 0.820. The summed E-state index contributed by atoms with van der Waals surface area (Å²) in [6, 6.07) is 13.7. The highest BCUT2D eigenvalue weighted by Crippen LogP contribution is 2.33. The predicted molar refractivity (Wildman–Crippen MR) is 99.9 cm³/mol. The maximum Gasteiger partial charge on any atom is 0.337 e. The standard InChI is InChI=1S/C20H20N2O5/c1-13-19(24)22(16-8-3-4-9-17(16)27-13)11-10-18(23)21-15-7-5-6-14(12-15)20(25)26-2/h3-9,12-13H,10-11H2,1-2H3,(H,21,23). The first-order valence-electron chi connectivity index (χ1n) is 8.55. The predicted octanol–water partition coefficient (Wildman–Crippen LogP) is 2.62. The van der Waals surface area contributed by atoms with Gasteiger partial charge >= 0.3 is 5.97 Å². The number of hydrogen-bond acceptors (Lipinski definition) is 5. The summed E-state index contributed by atoms with van der Waals surface area (Å²) >= 11 is 0. The van der Waals surface area contributed by atoms with Crippen molar-refractivity contribution in [2.45, 2.75) is 19.4 Å². The first-order chi connectivity index (χ1) is 13.0. The van der Waals surface area contributed by atoms with Gasteiger partial charge in [0, 0.05) is 18.7 Å². The van der Waals surface area contributed by atoms with Gasteiger partial charge in [0.15, 0.2) is 6.10 Å². The monoisotopic (exact) mass is 368 g/mol. The number of carbonyl (C=O) groups excluding carboxylic acids is 3. The van der Waals surface area contributed by atoms with Gasteiger partial charge in [-0.05, 0) is 37.3 Å². The van der Waals surface area contributed by atoms with E-state index in [1.54, 1.807) is 48.2 Å². The van der Waals surface area contributed by atoms with Crippen molar-refractivity contribution in [3.05, 3.63) is 54.1 Å². The minimum Gasteiger partial charge on any atom is -0.479 e. The molecule has 0 saturated carbocycles. The van der Waals surface area contributed by atoms with Crippen molar-refractivity contribution in [1.29, 1.82) is 0 Å². The number of methoxy groups -OCH3 is 1. The molecule has 1 unspecified atom stereocenters. The van der Waals surface area contributed by atoms with Crippen LogP contribution in [-0.2, 0) is 14.3 Å². The van der Waals surface area contributed by atoms with Gasteiger partial charge in [0.25, 0.3) is 5.91 Å². The average molecular weight is 368 g/mol. The molecule has 1 atom stereocenters. The lowest BCUT2D eigenvalue weighted by molar-refractivity contribution is -0.125. The van der Waals surface area contributed by atoms with E-state index in [0.29, 0.717) is 22.7 Å².